The molecule has 10 aromatic rings. The first-order valence-corrected chi connectivity index (χ1v) is 41.5. The number of rotatable bonds is 30. The highest BCUT2D eigenvalue weighted by molar-refractivity contribution is 7.14. The lowest BCUT2D eigenvalue weighted by atomic mass is 9.98. The minimum Gasteiger partial charge on any atom is -0.494 e. The van der Waals surface area contributed by atoms with E-state index in [0.717, 1.165) is 122 Å². The number of esters is 5. The monoisotopic (exact) mass is 1610 g/mol. The number of hydrogen-bond acceptors (Lipinski definition) is 26. The van der Waals surface area contributed by atoms with Crippen LogP contribution in [0.2, 0.25) is 0 Å². The van der Waals surface area contributed by atoms with Gasteiger partial charge < -0.3 is 52.1 Å². The molecular formula is C83H93F2N5O16S5. The highest BCUT2D eigenvalue weighted by Crippen LogP contribution is 2.34. The second kappa shape index (κ2) is 45.1. The molecule has 590 valence electrons. The summed E-state index contributed by atoms with van der Waals surface area (Å²) in [5.74, 6) is 2.71. The highest BCUT2D eigenvalue weighted by Gasteiger charge is 2.27. The van der Waals surface area contributed by atoms with Gasteiger partial charge in [0.25, 0.3) is 0 Å². The van der Waals surface area contributed by atoms with Gasteiger partial charge in [-0.05, 0) is 226 Å². The fourth-order valence-corrected chi connectivity index (χ4v) is 14.4. The summed E-state index contributed by atoms with van der Waals surface area (Å²) in [4.78, 5) is 81.5. The Balaban J connectivity index is 0.000000160. The summed E-state index contributed by atoms with van der Waals surface area (Å²) in [5, 5.41) is 12.3. The van der Waals surface area contributed by atoms with E-state index in [2.05, 4.69) is 29.7 Å². The fraction of sp³-hybridized carbons (Fsp3) is 0.398. The van der Waals surface area contributed by atoms with Gasteiger partial charge in [-0.3, -0.25) is 0 Å². The van der Waals surface area contributed by atoms with Gasteiger partial charge in [-0.1, -0.05) is 20.3 Å². The Morgan fingerprint density at radius 2 is 0.712 bits per heavy atom. The molecule has 2 saturated carbocycles. The van der Waals surface area contributed by atoms with Crippen LogP contribution in [0.25, 0.3) is 52.9 Å². The molecule has 6 heterocycles. The predicted octanol–water partition coefficient (Wildman–Crippen LogP) is 20.1. The van der Waals surface area contributed by atoms with E-state index in [-0.39, 0.29) is 47.8 Å². The summed E-state index contributed by atoms with van der Waals surface area (Å²) in [7, 11) is 0. The molecule has 3 fully saturated rings. The summed E-state index contributed by atoms with van der Waals surface area (Å²) in [6.45, 7) is 18.2. The zero-order valence-electron chi connectivity index (χ0n) is 63.4. The van der Waals surface area contributed by atoms with Crippen molar-refractivity contribution >= 4 is 86.5 Å². The zero-order valence-corrected chi connectivity index (χ0v) is 67.5. The molecule has 5 aromatic heterocycles. The van der Waals surface area contributed by atoms with Gasteiger partial charge in [0.15, 0.2) is 34.6 Å². The highest BCUT2D eigenvalue weighted by atomic mass is 32.1. The largest absolute Gasteiger partial charge is 0.494 e. The van der Waals surface area contributed by atoms with E-state index in [9.17, 15) is 32.8 Å². The summed E-state index contributed by atoms with van der Waals surface area (Å²) in [6, 6.07) is 38.1. The van der Waals surface area contributed by atoms with E-state index in [1.165, 1.54) is 81.3 Å². The van der Waals surface area contributed by atoms with Crippen LogP contribution < -0.4 is 23.7 Å². The van der Waals surface area contributed by atoms with Crippen molar-refractivity contribution in [3.63, 3.8) is 0 Å². The van der Waals surface area contributed by atoms with E-state index in [4.69, 9.17) is 47.4 Å². The summed E-state index contributed by atoms with van der Waals surface area (Å²) in [5.41, 5.74) is 6.24. The fourth-order valence-electron chi connectivity index (χ4n) is 10.4. The molecule has 2 atom stereocenters. The van der Waals surface area contributed by atoms with Crippen LogP contribution in [0, 0.1) is 11.8 Å². The van der Waals surface area contributed by atoms with Crippen molar-refractivity contribution in [3.05, 3.63) is 177 Å². The average Bonchev–Trinajstić information content (AvgIpc) is 1.75. The van der Waals surface area contributed by atoms with Gasteiger partial charge in [0, 0.05) is 61.3 Å². The van der Waals surface area contributed by atoms with Gasteiger partial charge in [-0.2, -0.15) is 0 Å². The number of benzene rings is 5. The van der Waals surface area contributed by atoms with Gasteiger partial charge in [0.2, 0.25) is 0 Å². The van der Waals surface area contributed by atoms with E-state index >= 15 is 0 Å². The molecule has 21 nitrogen and oxygen atoms in total. The topological polar surface area (TPSA) is 251 Å². The summed E-state index contributed by atoms with van der Waals surface area (Å²) < 4.78 is 83.3. The molecule has 1 aliphatic heterocycles. The second-order valence-electron chi connectivity index (χ2n) is 25.6. The smallest absolute Gasteiger partial charge is 0.358 e. The van der Waals surface area contributed by atoms with Gasteiger partial charge in [-0.15, -0.1) is 56.7 Å². The van der Waals surface area contributed by atoms with Gasteiger partial charge in [0.05, 0.1) is 45.7 Å². The van der Waals surface area contributed by atoms with Crippen LogP contribution in [0.1, 0.15) is 166 Å². The molecule has 0 amide bonds. The number of nitrogens with zero attached hydrogens (tertiary/aromatic N) is 5. The van der Waals surface area contributed by atoms with Crippen LogP contribution in [0.15, 0.2) is 148 Å². The first-order valence-electron chi connectivity index (χ1n) is 37.1. The number of ether oxygens (including phenoxy) is 11. The van der Waals surface area contributed by atoms with Crippen LogP contribution in [-0.4, -0.2) is 145 Å². The molecule has 28 heteroatoms. The minimum absolute atomic E-state index is 0.0307. The van der Waals surface area contributed by atoms with Crippen molar-refractivity contribution in [2.75, 3.05) is 66.2 Å². The number of halogens is 2. The van der Waals surface area contributed by atoms with E-state index in [1.807, 2.05) is 165 Å². The normalized spacial score (nSPS) is 13.9. The zero-order chi connectivity index (χ0) is 78.9. The number of aromatic nitrogens is 5. The first kappa shape index (κ1) is 85.4. The van der Waals surface area contributed by atoms with Crippen LogP contribution in [0.4, 0.5) is 8.78 Å². The predicted molar refractivity (Wildman–Crippen MR) is 429 cm³/mol. The maximum absolute atomic E-state index is 12.4. The molecule has 3 aliphatic rings. The lowest BCUT2D eigenvalue weighted by molar-refractivity contribution is 0.0155. The van der Waals surface area contributed by atoms with Gasteiger partial charge in [-0.25, -0.2) is 57.7 Å². The van der Waals surface area contributed by atoms with Crippen molar-refractivity contribution in [2.24, 2.45) is 11.8 Å². The lowest BCUT2D eigenvalue weighted by Crippen LogP contribution is -2.22. The van der Waals surface area contributed by atoms with Crippen molar-refractivity contribution < 1.29 is 84.9 Å². The Hall–Kier alpha value is -9.58. The Kier molecular flexibility index (Phi) is 34.7. The van der Waals surface area contributed by atoms with Crippen molar-refractivity contribution in [2.45, 2.75) is 138 Å². The molecule has 0 radical (unpaired) electrons. The molecule has 5 aromatic carbocycles. The molecule has 0 N–H and O–H groups in total. The number of hydrogen-bond donors (Lipinski definition) is 0. The van der Waals surface area contributed by atoms with Crippen molar-refractivity contribution in [3.8, 4) is 81.6 Å². The van der Waals surface area contributed by atoms with Crippen molar-refractivity contribution in [1.82, 2.24) is 24.9 Å². The Morgan fingerprint density at radius 1 is 0.396 bits per heavy atom. The first-order chi connectivity index (χ1) is 54.0. The van der Waals surface area contributed by atoms with Gasteiger partial charge in [0.1, 0.15) is 85.9 Å². The number of carbonyl (C=O) groups excluding carboxylic acids is 5. The Labute approximate surface area is 666 Å². The quantitative estimate of drug-likeness (QED) is 0.0299. The van der Waals surface area contributed by atoms with Crippen LogP contribution in [0.5, 0.6) is 28.7 Å². The molecular weight excluding hydrogens is 1520 g/mol. The third kappa shape index (κ3) is 27.4. The number of alkyl halides is 2. The van der Waals surface area contributed by atoms with Gasteiger partial charge >= 0.3 is 29.8 Å². The van der Waals surface area contributed by atoms with E-state index in [1.54, 1.807) is 33.7 Å². The third-order valence-electron chi connectivity index (χ3n) is 16.9. The van der Waals surface area contributed by atoms with E-state index < -0.39 is 31.4 Å². The standard InChI is InChI=1S/C18H21NO3S.C17H19NO4S.C17H21NO3S.C16H17NO3S.C15H15F2NO3S/c1-2-21-14-10-8-13(9-11-14)17-19-16(12-23-17)18(20)22-15-6-4-3-5-7-15;1-2-20-13-7-5-12(6-8-13)16-18-15(11-23-16)17(19)22-10-14-4-3-9-21-14;1-5-20-14-8-6-13(7-9-14)16-18-15(10-22-16)17(19)21-12(4)11(2)3;1-2-19-13-7-5-12(6-8-13)15-17-14(10-21-15)16(18)20-9-11-3-4-11;1-2-20-11-5-3-10(4-6-11)14-18-13(9-22-14)15(19)21-12(7-16)8-17/h8-12,15H,2-7H2,1H3;5-8,11,14H,2-4,9-10H2,1H3;6-12H,5H2,1-4H3;5-8,10-11H,2-4,9H2,1H3;3-6,9,12H,2,7-8H2,1H3. The van der Waals surface area contributed by atoms with Crippen LogP contribution >= 0.6 is 56.7 Å². The minimum atomic E-state index is -1.37. The maximum Gasteiger partial charge on any atom is 0.358 e. The molecule has 111 heavy (non-hydrogen) atoms. The Morgan fingerprint density at radius 3 is 1.01 bits per heavy atom. The lowest BCUT2D eigenvalue weighted by Gasteiger charge is -2.21. The maximum atomic E-state index is 12.4. The van der Waals surface area contributed by atoms with Crippen molar-refractivity contribution in [1.29, 1.82) is 0 Å². The Bertz CT molecular complexity index is 4360. The molecule has 2 unspecified atom stereocenters. The number of thiazole rings is 5. The molecule has 0 spiro atoms. The molecule has 1 saturated heterocycles. The van der Waals surface area contributed by atoms with Crippen LogP contribution in [-0.2, 0) is 28.4 Å². The van der Waals surface area contributed by atoms with E-state index in [0.29, 0.717) is 79.9 Å². The second-order valence-corrected chi connectivity index (χ2v) is 29.9. The average molecular weight is 1620 g/mol. The molecule has 13 rings (SSSR count). The third-order valence-corrected chi connectivity index (χ3v) is 21.3. The van der Waals surface area contributed by atoms with Crippen LogP contribution in [0.3, 0.4) is 0 Å². The molecule has 0 bridgehead atoms. The summed E-state index contributed by atoms with van der Waals surface area (Å²) in [6.07, 6.45) is 8.39. The number of carbonyl (C=O) groups is 5. The SMILES string of the molecule is CCOc1ccc(-c2nc(C(=O)OC(C)C(C)C)cs2)cc1.CCOc1ccc(-c2nc(C(=O)OC(CF)CF)cs2)cc1.CCOc1ccc(-c2nc(C(=O)OC3CCCCC3)cs2)cc1.CCOc1ccc(-c2nc(C(=O)OCC3CC3)cs2)cc1.CCOc1ccc(-c2nc(C(=O)OCC3CCCO3)cs2)cc1. The molecule has 2 aliphatic carbocycles. The summed E-state index contributed by atoms with van der Waals surface area (Å²) >= 11 is 7.02.